The lowest BCUT2D eigenvalue weighted by Gasteiger charge is -2.30. The topological polar surface area (TPSA) is 35.2 Å². The van der Waals surface area contributed by atoms with Gasteiger partial charge >= 0.3 is 0 Å². The van der Waals surface area contributed by atoms with Crippen molar-refractivity contribution < 1.29 is 9.13 Å². The first kappa shape index (κ1) is 14.0. The summed E-state index contributed by atoms with van der Waals surface area (Å²) >= 11 is 6.92. The van der Waals surface area contributed by atoms with Crippen molar-refractivity contribution in [3.8, 4) is 5.75 Å². The molecule has 1 heterocycles. The highest BCUT2D eigenvalue weighted by Crippen LogP contribution is 2.40. The zero-order valence-corrected chi connectivity index (χ0v) is 13.6. The summed E-state index contributed by atoms with van der Waals surface area (Å²) in [7, 11) is 0. The highest BCUT2D eigenvalue weighted by Gasteiger charge is 2.27. The molecule has 2 aromatic rings. The first-order valence-corrected chi connectivity index (χ1v) is 7.80. The quantitative estimate of drug-likeness (QED) is 0.740. The van der Waals surface area contributed by atoms with Crippen LogP contribution in [0.4, 0.5) is 4.39 Å². The van der Waals surface area contributed by atoms with Crippen molar-refractivity contribution in [2.45, 2.75) is 18.6 Å². The molecule has 2 N–H and O–H groups in total. The van der Waals surface area contributed by atoms with Crippen LogP contribution in [0.1, 0.15) is 29.7 Å². The molecule has 0 bridgehead atoms. The van der Waals surface area contributed by atoms with Crippen LogP contribution in [0.2, 0.25) is 0 Å². The van der Waals surface area contributed by atoms with E-state index in [9.17, 15) is 4.39 Å². The minimum absolute atomic E-state index is 0.147. The molecule has 2 nitrogen and oxygen atoms in total. The number of rotatable bonds is 1. The highest BCUT2D eigenvalue weighted by atomic mass is 79.9. The van der Waals surface area contributed by atoms with Crippen molar-refractivity contribution in [1.29, 1.82) is 0 Å². The largest absolute Gasteiger partial charge is 0.485 e. The summed E-state index contributed by atoms with van der Waals surface area (Å²) < 4.78 is 21.2. The molecule has 2 aromatic carbocycles. The summed E-state index contributed by atoms with van der Waals surface area (Å²) in [5.74, 6) is 0.223. The Kier molecular flexibility index (Phi) is 3.84. The van der Waals surface area contributed by atoms with Crippen LogP contribution in [0.15, 0.2) is 45.3 Å². The minimum atomic E-state index is -0.311. The van der Waals surface area contributed by atoms with Crippen molar-refractivity contribution >= 4 is 31.9 Å². The van der Waals surface area contributed by atoms with Crippen LogP contribution in [-0.2, 0) is 0 Å². The molecule has 104 valence electrons. The van der Waals surface area contributed by atoms with Gasteiger partial charge in [0.2, 0.25) is 0 Å². The third kappa shape index (κ3) is 2.62. The number of hydrogen-bond acceptors (Lipinski definition) is 2. The molecule has 0 aliphatic carbocycles. The Morgan fingerprint density at radius 2 is 1.90 bits per heavy atom. The maximum absolute atomic E-state index is 13.3. The van der Waals surface area contributed by atoms with E-state index in [4.69, 9.17) is 10.5 Å². The molecule has 2 atom stereocenters. The number of halogens is 3. The van der Waals surface area contributed by atoms with Gasteiger partial charge < -0.3 is 10.5 Å². The Balaban J connectivity index is 1.96. The minimum Gasteiger partial charge on any atom is -0.485 e. The third-order valence-electron chi connectivity index (χ3n) is 3.43. The third-order valence-corrected chi connectivity index (χ3v) is 5.31. The predicted octanol–water partition coefficient (Wildman–Crippen LogP) is 4.87. The molecule has 0 spiro atoms. The lowest BCUT2D eigenvalue weighted by atomic mass is 9.93. The number of fused-ring (bicyclic) bond motifs is 1. The first-order valence-electron chi connectivity index (χ1n) is 6.21. The zero-order chi connectivity index (χ0) is 14.3. The van der Waals surface area contributed by atoms with Crippen molar-refractivity contribution in [3.63, 3.8) is 0 Å². The second-order valence-corrected chi connectivity index (χ2v) is 6.51. The molecular formula is C15H12Br2FNO. The highest BCUT2D eigenvalue weighted by molar-refractivity contribution is 9.13. The summed E-state index contributed by atoms with van der Waals surface area (Å²) in [6, 6.07) is 10.3. The first-order chi connectivity index (χ1) is 9.54. The predicted molar refractivity (Wildman–Crippen MR) is 83.2 cm³/mol. The van der Waals surface area contributed by atoms with Crippen LogP contribution < -0.4 is 10.5 Å². The molecule has 20 heavy (non-hydrogen) atoms. The average molecular weight is 401 g/mol. The van der Waals surface area contributed by atoms with E-state index in [1.54, 1.807) is 6.07 Å². The van der Waals surface area contributed by atoms with Gasteiger partial charge in [-0.3, -0.25) is 0 Å². The van der Waals surface area contributed by atoms with Gasteiger partial charge in [-0.2, -0.15) is 0 Å². The molecule has 0 radical (unpaired) electrons. The molecule has 0 fully saturated rings. The van der Waals surface area contributed by atoms with Crippen molar-refractivity contribution in [2.75, 3.05) is 0 Å². The van der Waals surface area contributed by atoms with E-state index in [-0.39, 0.29) is 18.0 Å². The van der Waals surface area contributed by atoms with Gasteiger partial charge in [-0.15, -0.1) is 0 Å². The Labute approximate surface area is 133 Å². The Morgan fingerprint density at radius 3 is 2.65 bits per heavy atom. The fourth-order valence-corrected chi connectivity index (χ4v) is 3.04. The van der Waals surface area contributed by atoms with Gasteiger partial charge in [0.25, 0.3) is 0 Å². The monoisotopic (exact) mass is 399 g/mol. The van der Waals surface area contributed by atoms with Crippen LogP contribution in [0.3, 0.4) is 0 Å². The van der Waals surface area contributed by atoms with Crippen molar-refractivity contribution in [3.05, 3.63) is 62.3 Å². The van der Waals surface area contributed by atoms with E-state index in [0.29, 0.717) is 12.2 Å². The molecule has 1 aliphatic heterocycles. The maximum atomic E-state index is 13.3. The summed E-state index contributed by atoms with van der Waals surface area (Å²) in [6.45, 7) is 0. The van der Waals surface area contributed by atoms with Crippen molar-refractivity contribution in [2.24, 2.45) is 5.73 Å². The standard InChI is InChI=1S/C15H12Br2FNO/c16-11-4-1-8(5-12(11)17)14-7-13(19)10-3-2-9(18)6-15(10)20-14/h1-6,13-14H,7,19H2/t13-,14?/m0/s1. The van der Waals surface area contributed by atoms with E-state index in [1.165, 1.54) is 12.1 Å². The normalized spacial score (nSPS) is 21.2. The average Bonchev–Trinajstić information content (AvgIpc) is 2.41. The summed E-state index contributed by atoms with van der Waals surface area (Å²) in [4.78, 5) is 0. The van der Waals surface area contributed by atoms with Gasteiger partial charge in [-0.05, 0) is 55.6 Å². The second-order valence-electron chi connectivity index (χ2n) is 4.80. The van der Waals surface area contributed by atoms with Crippen LogP contribution in [0, 0.1) is 5.82 Å². The van der Waals surface area contributed by atoms with Gasteiger partial charge in [0, 0.05) is 33.0 Å². The van der Waals surface area contributed by atoms with Crippen LogP contribution >= 0.6 is 31.9 Å². The molecule has 0 aromatic heterocycles. The van der Waals surface area contributed by atoms with E-state index in [1.807, 2.05) is 18.2 Å². The Bertz CT molecular complexity index is 662. The summed E-state index contributed by atoms with van der Waals surface area (Å²) in [5.41, 5.74) is 8.05. The SMILES string of the molecule is N[C@H]1CC(c2ccc(Br)c(Br)c2)Oc2cc(F)ccc21. The number of hydrogen-bond donors (Lipinski definition) is 1. The van der Waals surface area contributed by atoms with Gasteiger partial charge in [0.1, 0.15) is 17.7 Å². The van der Waals surface area contributed by atoms with Gasteiger partial charge in [-0.25, -0.2) is 4.39 Å². The van der Waals surface area contributed by atoms with Crippen LogP contribution in [0.25, 0.3) is 0 Å². The summed E-state index contributed by atoms with van der Waals surface area (Å²) in [5, 5.41) is 0. The Hall–Kier alpha value is -0.910. The van der Waals surface area contributed by atoms with E-state index in [0.717, 1.165) is 20.1 Å². The number of benzene rings is 2. The second kappa shape index (κ2) is 5.47. The fourth-order valence-electron chi connectivity index (χ4n) is 2.39. The Morgan fingerprint density at radius 1 is 1.10 bits per heavy atom. The maximum Gasteiger partial charge on any atom is 0.127 e. The van der Waals surface area contributed by atoms with Crippen LogP contribution in [-0.4, -0.2) is 0 Å². The van der Waals surface area contributed by atoms with Crippen molar-refractivity contribution in [1.82, 2.24) is 0 Å². The molecular weight excluding hydrogens is 389 g/mol. The van der Waals surface area contributed by atoms with E-state index >= 15 is 0 Å². The summed E-state index contributed by atoms with van der Waals surface area (Å²) in [6.07, 6.45) is 0.510. The molecule has 3 rings (SSSR count). The fraction of sp³-hybridized carbons (Fsp3) is 0.200. The van der Waals surface area contributed by atoms with E-state index in [2.05, 4.69) is 31.9 Å². The van der Waals surface area contributed by atoms with Gasteiger partial charge in [-0.1, -0.05) is 12.1 Å². The van der Waals surface area contributed by atoms with Gasteiger partial charge in [0.05, 0.1) is 0 Å². The lowest BCUT2D eigenvalue weighted by Crippen LogP contribution is -2.24. The lowest BCUT2D eigenvalue weighted by molar-refractivity contribution is 0.160. The zero-order valence-electron chi connectivity index (χ0n) is 10.4. The molecule has 1 aliphatic rings. The smallest absolute Gasteiger partial charge is 0.127 e. The molecule has 1 unspecified atom stereocenters. The van der Waals surface area contributed by atoms with Gasteiger partial charge in [0.15, 0.2) is 0 Å². The number of ether oxygens (including phenoxy) is 1. The van der Waals surface area contributed by atoms with E-state index < -0.39 is 0 Å². The molecule has 0 amide bonds. The van der Waals surface area contributed by atoms with Crippen LogP contribution in [0.5, 0.6) is 5.75 Å². The number of nitrogens with two attached hydrogens (primary N) is 1. The molecule has 5 heteroatoms. The molecule has 0 saturated carbocycles. The molecule has 0 saturated heterocycles.